The Morgan fingerprint density at radius 2 is 1.86 bits per heavy atom. The van der Waals surface area contributed by atoms with Gasteiger partial charge in [0.2, 0.25) is 0 Å². The molecule has 0 saturated carbocycles. The minimum absolute atomic E-state index is 0.444. The SMILES string of the molecule is NCc1oc2ccccc2c1CN1CCc2ccccc21. The van der Waals surface area contributed by atoms with Gasteiger partial charge in [-0.2, -0.15) is 0 Å². The van der Waals surface area contributed by atoms with Gasteiger partial charge in [0, 0.05) is 29.7 Å². The van der Waals surface area contributed by atoms with Crippen LogP contribution in [0.5, 0.6) is 0 Å². The summed E-state index contributed by atoms with van der Waals surface area (Å²) in [4.78, 5) is 2.42. The first kappa shape index (κ1) is 12.5. The Balaban J connectivity index is 1.75. The third-order valence-electron chi connectivity index (χ3n) is 4.30. The number of furan rings is 1. The number of nitrogens with zero attached hydrogens (tertiary/aromatic N) is 1. The van der Waals surface area contributed by atoms with Gasteiger partial charge in [-0.25, -0.2) is 0 Å². The van der Waals surface area contributed by atoms with Crippen LogP contribution in [0.1, 0.15) is 16.9 Å². The quantitative estimate of drug-likeness (QED) is 0.798. The van der Waals surface area contributed by atoms with Crippen LogP contribution in [0.15, 0.2) is 52.9 Å². The van der Waals surface area contributed by atoms with E-state index in [1.165, 1.54) is 22.2 Å². The number of anilines is 1. The summed E-state index contributed by atoms with van der Waals surface area (Å²) in [6.07, 6.45) is 1.11. The molecular formula is C18H18N2O. The highest BCUT2D eigenvalue weighted by atomic mass is 16.3. The van der Waals surface area contributed by atoms with E-state index in [1.807, 2.05) is 12.1 Å². The number of benzene rings is 2. The third kappa shape index (κ3) is 2.01. The molecule has 2 N–H and O–H groups in total. The summed E-state index contributed by atoms with van der Waals surface area (Å²) in [5, 5.41) is 1.18. The smallest absolute Gasteiger partial charge is 0.134 e. The van der Waals surface area contributed by atoms with Crippen molar-refractivity contribution in [3.63, 3.8) is 0 Å². The van der Waals surface area contributed by atoms with E-state index in [0.717, 1.165) is 30.9 Å². The maximum Gasteiger partial charge on any atom is 0.134 e. The summed E-state index contributed by atoms with van der Waals surface area (Å²) in [7, 11) is 0. The maximum atomic E-state index is 5.89. The third-order valence-corrected chi connectivity index (χ3v) is 4.30. The highest BCUT2D eigenvalue weighted by Gasteiger charge is 2.21. The fourth-order valence-corrected chi connectivity index (χ4v) is 3.25. The summed E-state index contributed by atoms with van der Waals surface area (Å²) in [6, 6.07) is 16.8. The lowest BCUT2D eigenvalue weighted by Gasteiger charge is -2.19. The van der Waals surface area contributed by atoms with E-state index in [0.29, 0.717) is 6.54 Å². The molecule has 0 radical (unpaired) electrons. The van der Waals surface area contributed by atoms with Crippen molar-refractivity contribution in [2.45, 2.75) is 19.5 Å². The van der Waals surface area contributed by atoms with Gasteiger partial charge in [0.05, 0.1) is 6.54 Å². The summed E-state index contributed by atoms with van der Waals surface area (Å²) >= 11 is 0. The molecule has 0 fully saturated rings. The fraction of sp³-hybridized carbons (Fsp3) is 0.222. The van der Waals surface area contributed by atoms with Crippen molar-refractivity contribution in [2.24, 2.45) is 5.73 Å². The molecule has 2 aromatic carbocycles. The molecule has 3 aromatic rings. The molecule has 3 nitrogen and oxygen atoms in total. The van der Waals surface area contributed by atoms with E-state index in [9.17, 15) is 0 Å². The molecule has 0 aliphatic carbocycles. The van der Waals surface area contributed by atoms with Crippen molar-refractivity contribution in [3.8, 4) is 0 Å². The van der Waals surface area contributed by atoms with Crippen molar-refractivity contribution >= 4 is 16.7 Å². The zero-order chi connectivity index (χ0) is 14.2. The number of hydrogen-bond donors (Lipinski definition) is 1. The van der Waals surface area contributed by atoms with E-state index in [-0.39, 0.29) is 0 Å². The van der Waals surface area contributed by atoms with Crippen LogP contribution in [-0.4, -0.2) is 6.54 Å². The first-order chi connectivity index (χ1) is 10.4. The van der Waals surface area contributed by atoms with Crippen LogP contribution in [0, 0.1) is 0 Å². The summed E-state index contributed by atoms with van der Waals surface area (Å²) in [5.74, 6) is 0.903. The van der Waals surface area contributed by atoms with E-state index in [4.69, 9.17) is 10.2 Å². The number of rotatable bonds is 3. The van der Waals surface area contributed by atoms with E-state index >= 15 is 0 Å². The molecule has 0 spiro atoms. The van der Waals surface area contributed by atoms with Gasteiger partial charge in [0.15, 0.2) is 0 Å². The Hall–Kier alpha value is -2.26. The summed E-state index contributed by atoms with van der Waals surface area (Å²) < 4.78 is 5.89. The lowest BCUT2D eigenvalue weighted by Crippen LogP contribution is -2.20. The zero-order valence-corrected chi connectivity index (χ0v) is 11.9. The highest BCUT2D eigenvalue weighted by molar-refractivity contribution is 5.82. The number of fused-ring (bicyclic) bond motifs is 2. The molecular weight excluding hydrogens is 260 g/mol. The van der Waals surface area contributed by atoms with Crippen molar-refractivity contribution in [1.82, 2.24) is 0 Å². The fourth-order valence-electron chi connectivity index (χ4n) is 3.25. The van der Waals surface area contributed by atoms with Crippen molar-refractivity contribution in [3.05, 3.63) is 65.4 Å². The molecule has 1 aliphatic rings. The Bertz CT molecular complexity index is 791. The minimum atomic E-state index is 0.444. The van der Waals surface area contributed by atoms with E-state index in [1.54, 1.807) is 0 Å². The number of nitrogens with two attached hydrogens (primary N) is 1. The van der Waals surface area contributed by atoms with Crippen LogP contribution in [0.4, 0.5) is 5.69 Å². The average molecular weight is 278 g/mol. The average Bonchev–Trinajstić information content (AvgIpc) is 3.10. The molecule has 1 aliphatic heterocycles. The lowest BCUT2D eigenvalue weighted by atomic mass is 10.1. The van der Waals surface area contributed by atoms with Crippen molar-refractivity contribution < 1.29 is 4.42 Å². The van der Waals surface area contributed by atoms with Crippen LogP contribution >= 0.6 is 0 Å². The second kappa shape index (κ2) is 4.93. The van der Waals surface area contributed by atoms with Crippen LogP contribution in [-0.2, 0) is 19.5 Å². The Morgan fingerprint density at radius 3 is 2.76 bits per heavy atom. The first-order valence-corrected chi connectivity index (χ1v) is 7.39. The van der Waals surface area contributed by atoms with E-state index in [2.05, 4.69) is 41.3 Å². The molecule has 106 valence electrons. The Labute approximate surface area is 124 Å². The molecule has 0 atom stereocenters. The number of para-hydroxylation sites is 2. The molecule has 1 aromatic heterocycles. The predicted octanol–water partition coefficient (Wildman–Crippen LogP) is 3.45. The van der Waals surface area contributed by atoms with Crippen molar-refractivity contribution in [1.29, 1.82) is 0 Å². The second-order valence-corrected chi connectivity index (χ2v) is 5.50. The first-order valence-electron chi connectivity index (χ1n) is 7.39. The molecule has 3 heteroatoms. The standard InChI is InChI=1S/C18H18N2O/c19-11-18-15(14-6-2-4-8-17(14)21-18)12-20-10-9-13-5-1-3-7-16(13)20/h1-8H,9-12,19H2. The van der Waals surface area contributed by atoms with Crippen molar-refractivity contribution in [2.75, 3.05) is 11.4 Å². The molecule has 0 unspecified atom stereocenters. The highest BCUT2D eigenvalue weighted by Crippen LogP contribution is 2.32. The summed E-state index contributed by atoms with van der Waals surface area (Å²) in [6.45, 7) is 2.36. The maximum absolute atomic E-state index is 5.89. The molecule has 2 heterocycles. The lowest BCUT2D eigenvalue weighted by molar-refractivity contribution is 0.544. The molecule has 0 amide bonds. The zero-order valence-electron chi connectivity index (χ0n) is 11.9. The molecule has 0 saturated heterocycles. The largest absolute Gasteiger partial charge is 0.459 e. The van der Waals surface area contributed by atoms with Gasteiger partial charge in [-0.3, -0.25) is 0 Å². The Kier molecular flexibility index (Phi) is 2.93. The van der Waals surface area contributed by atoms with Gasteiger partial charge in [-0.15, -0.1) is 0 Å². The molecule has 0 bridgehead atoms. The molecule has 4 rings (SSSR count). The topological polar surface area (TPSA) is 42.4 Å². The Morgan fingerprint density at radius 1 is 1.05 bits per heavy atom. The van der Waals surface area contributed by atoms with Gasteiger partial charge < -0.3 is 15.1 Å². The van der Waals surface area contributed by atoms with Gasteiger partial charge in [0.1, 0.15) is 11.3 Å². The minimum Gasteiger partial charge on any atom is -0.459 e. The van der Waals surface area contributed by atoms with E-state index < -0.39 is 0 Å². The van der Waals surface area contributed by atoms with Gasteiger partial charge >= 0.3 is 0 Å². The molecule has 21 heavy (non-hydrogen) atoms. The van der Waals surface area contributed by atoms with Gasteiger partial charge in [-0.1, -0.05) is 36.4 Å². The number of hydrogen-bond acceptors (Lipinski definition) is 3. The monoisotopic (exact) mass is 278 g/mol. The van der Waals surface area contributed by atoms with Crippen LogP contribution in [0.25, 0.3) is 11.0 Å². The van der Waals surface area contributed by atoms with Gasteiger partial charge in [-0.05, 0) is 24.1 Å². The normalized spacial score (nSPS) is 13.9. The predicted molar refractivity (Wildman–Crippen MR) is 85.3 cm³/mol. The van der Waals surface area contributed by atoms with Crippen LogP contribution in [0.3, 0.4) is 0 Å². The summed E-state index contributed by atoms with van der Waals surface area (Å²) in [5.41, 5.74) is 10.8. The van der Waals surface area contributed by atoms with Crippen LogP contribution < -0.4 is 10.6 Å². The second-order valence-electron chi connectivity index (χ2n) is 5.50. The van der Waals surface area contributed by atoms with Gasteiger partial charge in [0.25, 0.3) is 0 Å². The van der Waals surface area contributed by atoms with Crippen LogP contribution in [0.2, 0.25) is 0 Å².